The highest BCUT2D eigenvalue weighted by Crippen LogP contribution is 2.19. The summed E-state index contributed by atoms with van der Waals surface area (Å²) < 4.78 is 21.9. The van der Waals surface area contributed by atoms with Gasteiger partial charge in [-0.25, -0.2) is 18.0 Å². The molecular formula is C13H18N2O5S. The molecular weight excluding hydrogens is 296 g/mol. The van der Waals surface area contributed by atoms with Gasteiger partial charge in [0, 0.05) is 18.5 Å². The van der Waals surface area contributed by atoms with Crippen molar-refractivity contribution in [3.05, 3.63) is 28.8 Å². The standard InChI is InChI=1S/C13H18N2O5S/c1-8-6-10(7-11(9(8)2)12(16)17)15-13(18)14-4-5-21(3,19)20/h6-7H,4-5H2,1-3H3,(H,16,17)(H2,14,15,18). The van der Waals surface area contributed by atoms with E-state index >= 15 is 0 Å². The molecule has 0 spiro atoms. The second-order valence-electron chi connectivity index (χ2n) is 4.78. The quantitative estimate of drug-likeness (QED) is 0.755. The fraction of sp³-hybridized carbons (Fsp3) is 0.385. The van der Waals surface area contributed by atoms with Crippen LogP contribution in [-0.2, 0) is 9.84 Å². The van der Waals surface area contributed by atoms with Gasteiger partial charge in [-0.15, -0.1) is 0 Å². The molecule has 7 nitrogen and oxygen atoms in total. The maximum Gasteiger partial charge on any atom is 0.336 e. The number of urea groups is 1. The smallest absolute Gasteiger partial charge is 0.336 e. The number of carbonyl (C=O) groups excluding carboxylic acids is 1. The summed E-state index contributed by atoms with van der Waals surface area (Å²) in [7, 11) is -3.14. The van der Waals surface area contributed by atoms with Gasteiger partial charge in [0.15, 0.2) is 0 Å². The minimum atomic E-state index is -3.14. The van der Waals surface area contributed by atoms with Crippen LogP contribution in [0.15, 0.2) is 12.1 Å². The number of carboxylic acids is 1. The number of aromatic carboxylic acids is 1. The van der Waals surface area contributed by atoms with Crippen molar-refractivity contribution < 1.29 is 23.1 Å². The highest BCUT2D eigenvalue weighted by molar-refractivity contribution is 7.90. The van der Waals surface area contributed by atoms with Crippen molar-refractivity contribution in [3.63, 3.8) is 0 Å². The minimum Gasteiger partial charge on any atom is -0.478 e. The molecule has 0 heterocycles. The SMILES string of the molecule is Cc1cc(NC(=O)NCCS(C)(=O)=O)cc(C(=O)O)c1C. The number of anilines is 1. The van der Waals surface area contributed by atoms with Crippen LogP contribution in [0.25, 0.3) is 0 Å². The normalized spacial score (nSPS) is 11.0. The molecule has 1 aromatic carbocycles. The molecule has 3 N–H and O–H groups in total. The van der Waals surface area contributed by atoms with E-state index in [1.54, 1.807) is 19.9 Å². The van der Waals surface area contributed by atoms with Crippen molar-refractivity contribution >= 4 is 27.5 Å². The van der Waals surface area contributed by atoms with Crippen molar-refractivity contribution in [2.75, 3.05) is 23.9 Å². The van der Waals surface area contributed by atoms with E-state index in [1.807, 2.05) is 0 Å². The molecule has 0 bridgehead atoms. The third-order valence-electron chi connectivity index (χ3n) is 2.91. The van der Waals surface area contributed by atoms with Crippen LogP contribution < -0.4 is 10.6 Å². The van der Waals surface area contributed by atoms with Crippen molar-refractivity contribution in [1.29, 1.82) is 0 Å². The summed E-state index contributed by atoms with van der Waals surface area (Å²) in [5.41, 5.74) is 1.82. The van der Waals surface area contributed by atoms with Gasteiger partial charge in [0.05, 0.1) is 11.3 Å². The Bertz CT molecular complexity index is 667. The Kier molecular flexibility index (Phi) is 5.31. The van der Waals surface area contributed by atoms with E-state index in [9.17, 15) is 18.0 Å². The average molecular weight is 314 g/mol. The number of rotatable bonds is 5. The molecule has 116 valence electrons. The van der Waals surface area contributed by atoms with Crippen LogP contribution in [0.1, 0.15) is 21.5 Å². The Morgan fingerprint density at radius 2 is 1.86 bits per heavy atom. The zero-order chi connectivity index (χ0) is 16.2. The van der Waals surface area contributed by atoms with Crippen molar-refractivity contribution in [2.45, 2.75) is 13.8 Å². The average Bonchev–Trinajstić information content (AvgIpc) is 2.31. The number of hydrogen-bond donors (Lipinski definition) is 3. The van der Waals surface area contributed by atoms with E-state index in [4.69, 9.17) is 5.11 Å². The Hall–Kier alpha value is -2.09. The fourth-order valence-corrected chi connectivity index (χ4v) is 2.15. The second-order valence-corrected chi connectivity index (χ2v) is 7.04. The van der Waals surface area contributed by atoms with Gasteiger partial charge in [-0.2, -0.15) is 0 Å². The van der Waals surface area contributed by atoms with Crippen molar-refractivity contribution in [3.8, 4) is 0 Å². The summed E-state index contributed by atoms with van der Waals surface area (Å²) in [5.74, 6) is -1.23. The number of benzene rings is 1. The first-order valence-electron chi connectivity index (χ1n) is 6.17. The maximum atomic E-state index is 11.6. The molecule has 0 atom stereocenters. The number of carboxylic acid groups (broad SMARTS) is 1. The number of amides is 2. The molecule has 2 amide bonds. The lowest BCUT2D eigenvalue weighted by Crippen LogP contribution is -2.32. The van der Waals surface area contributed by atoms with Crippen LogP contribution in [0.2, 0.25) is 0 Å². The van der Waals surface area contributed by atoms with Crippen LogP contribution in [0.4, 0.5) is 10.5 Å². The first-order chi connectivity index (χ1) is 9.60. The van der Waals surface area contributed by atoms with E-state index in [-0.39, 0.29) is 17.9 Å². The fourth-order valence-electron chi connectivity index (χ4n) is 1.68. The van der Waals surface area contributed by atoms with Gasteiger partial charge in [-0.05, 0) is 37.1 Å². The minimum absolute atomic E-state index is 0.0126. The van der Waals surface area contributed by atoms with Crippen LogP contribution in [0.5, 0.6) is 0 Å². The predicted molar refractivity (Wildman–Crippen MR) is 79.6 cm³/mol. The molecule has 0 aliphatic carbocycles. The van der Waals surface area contributed by atoms with E-state index in [1.165, 1.54) is 6.07 Å². The third kappa shape index (κ3) is 5.42. The Morgan fingerprint density at radius 3 is 2.38 bits per heavy atom. The molecule has 21 heavy (non-hydrogen) atoms. The number of sulfone groups is 1. The molecule has 8 heteroatoms. The summed E-state index contributed by atoms with van der Waals surface area (Å²) in [6.45, 7) is 3.42. The van der Waals surface area contributed by atoms with Crippen molar-refractivity contribution in [1.82, 2.24) is 5.32 Å². The molecule has 0 saturated heterocycles. The topological polar surface area (TPSA) is 113 Å². The molecule has 0 saturated carbocycles. The highest BCUT2D eigenvalue weighted by atomic mass is 32.2. The van der Waals surface area contributed by atoms with Gasteiger partial charge in [-0.3, -0.25) is 0 Å². The number of hydrogen-bond acceptors (Lipinski definition) is 4. The first-order valence-corrected chi connectivity index (χ1v) is 8.23. The maximum absolute atomic E-state index is 11.6. The van der Waals surface area contributed by atoms with Crippen LogP contribution in [-0.4, -0.2) is 44.1 Å². The zero-order valence-electron chi connectivity index (χ0n) is 12.1. The van der Waals surface area contributed by atoms with E-state index in [0.717, 1.165) is 11.8 Å². The third-order valence-corrected chi connectivity index (χ3v) is 3.86. The van der Waals surface area contributed by atoms with E-state index < -0.39 is 21.8 Å². The molecule has 0 aliphatic heterocycles. The van der Waals surface area contributed by atoms with Gasteiger partial charge >= 0.3 is 12.0 Å². The molecule has 0 radical (unpaired) electrons. The summed E-state index contributed by atoms with van der Waals surface area (Å²) in [5, 5.41) is 14.0. The molecule has 0 fully saturated rings. The van der Waals surface area contributed by atoms with Crippen molar-refractivity contribution in [2.24, 2.45) is 0 Å². The summed E-state index contributed by atoms with van der Waals surface area (Å²) in [4.78, 5) is 22.7. The molecule has 1 aromatic rings. The molecule has 0 unspecified atom stereocenters. The summed E-state index contributed by atoms with van der Waals surface area (Å²) in [6, 6.07) is 2.43. The Morgan fingerprint density at radius 1 is 1.24 bits per heavy atom. The Labute approximate surface area is 123 Å². The Balaban J connectivity index is 2.75. The van der Waals surface area contributed by atoms with Crippen LogP contribution >= 0.6 is 0 Å². The van der Waals surface area contributed by atoms with Crippen LogP contribution in [0.3, 0.4) is 0 Å². The zero-order valence-corrected chi connectivity index (χ0v) is 12.9. The molecule has 1 rings (SSSR count). The van der Waals surface area contributed by atoms with E-state index in [2.05, 4.69) is 10.6 Å². The van der Waals surface area contributed by atoms with Gasteiger partial charge in [-0.1, -0.05) is 0 Å². The van der Waals surface area contributed by atoms with Gasteiger partial charge in [0.1, 0.15) is 9.84 Å². The highest BCUT2D eigenvalue weighted by Gasteiger charge is 2.12. The first kappa shape index (κ1) is 17.0. The number of nitrogens with one attached hydrogen (secondary N) is 2. The predicted octanol–water partition coefficient (Wildman–Crippen LogP) is 1.17. The lowest BCUT2D eigenvalue weighted by Gasteiger charge is -2.11. The lowest BCUT2D eigenvalue weighted by atomic mass is 10.0. The van der Waals surface area contributed by atoms with Gasteiger partial charge < -0.3 is 15.7 Å². The van der Waals surface area contributed by atoms with Crippen LogP contribution in [0, 0.1) is 13.8 Å². The van der Waals surface area contributed by atoms with Gasteiger partial charge in [0.25, 0.3) is 0 Å². The largest absolute Gasteiger partial charge is 0.478 e. The number of aryl methyl sites for hydroxylation is 1. The second kappa shape index (κ2) is 6.57. The summed E-state index contributed by atoms with van der Waals surface area (Å²) >= 11 is 0. The van der Waals surface area contributed by atoms with Gasteiger partial charge in [0.2, 0.25) is 0 Å². The monoisotopic (exact) mass is 314 g/mol. The summed E-state index contributed by atoms with van der Waals surface area (Å²) in [6.07, 6.45) is 1.08. The lowest BCUT2D eigenvalue weighted by molar-refractivity contribution is 0.0696. The van der Waals surface area contributed by atoms with E-state index in [0.29, 0.717) is 11.3 Å². The molecule has 0 aliphatic rings. The molecule has 0 aromatic heterocycles. The number of carbonyl (C=O) groups is 2.